The maximum atomic E-state index is 12.4. The topological polar surface area (TPSA) is 48.3 Å². The Labute approximate surface area is 143 Å². The third kappa shape index (κ3) is 2.29. The second-order valence-corrected chi connectivity index (χ2v) is 6.55. The normalized spacial score (nSPS) is 12.1. The van der Waals surface area contributed by atoms with Crippen molar-refractivity contribution in [3.63, 3.8) is 0 Å². The monoisotopic (exact) mass is 337 g/mol. The van der Waals surface area contributed by atoms with Gasteiger partial charge in [-0.25, -0.2) is 0 Å². The van der Waals surface area contributed by atoms with Crippen molar-refractivity contribution in [2.75, 3.05) is 0 Å². The van der Waals surface area contributed by atoms with Crippen molar-refractivity contribution >= 4 is 23.1 Å². The van der Waals surface area contributed by atoms with Crippen molar-refractivity contribution in [1.82, 2.24) is 4.57 Å². The minimum Gasteiger partial charge on any atom is -0.427 e. The highest BCUT2D eigenvalue weighted by atomic mass is 32.1. The van der Waals surface area contributed by atoms with Gasteiger partial charge in [0.2, 0.25) is 5.78 Å². The van der Waals surface area contributed by atoms with Gasteiger partial charge in [-0.2, -0.15) is 0 Å². The van der Waals surface area contributed by atoms with Gasteiger partial charge in [0.1, 0.15) is 10.6 Å². The molecule has 0 aliphatic carbocycles. The molecule has 0 N–H and O–H groups in total. The molecule has 0 fully saturated rings. The van der Waals surface area contributed by atoms with E-state index in [1.165, 1.54) is 11.3 Å². The second-order valence-electron chi connectivity index (χ2n) is 5.67. The first kappa shape index (κ1) is 14.9. The van der Waals surface area contributed by atoms with E-state index >= 15 is 0 Å². The summed E-state index contributed by atoms with van der Waals surface area (Å²) < 4.78 is 7.31. The van der Waals surface area contributed by atoms with E-state index in [2.05, 4.69) is 0 Å². The lowest BCUT2D eigenvalue weighted by Gasteiger charge is -2.08. The van der Waals surface area contributed by atoms with Crippen LogP contribution in [0.15, 0.2) is 48.0 Å². The number of aromatic nitrogens is 1. The van der Waals surface area contributed by atoms with Crippen molar-refractivity contribution in [3.8, 4) is 22.6 Å². The van der Waals surface area contributed by atoms with Crippen molar-refractivity contribution in [2.45, 2.75) is 19.8 Å². The van der Waals surface area contributed by atoms with Gasteiger partial charge >= 0.3 is 5.97 Å². The Morgan fingerprint density at radius 3 is 2.96 bits per heavy atom. The van der Waals surface area contributed by atoms with Crippen LogP contribution in [0.5, 0.6) is 5.75 Å². The molecule has 0 saturated carbocycles. The van der Waals surface area contributed by atoms with Gasteiger partial charge in [-0.1, -0.05) is 19.1 Å². The average Bonchev–Trinajstić information content (AvgIpc) is 3.25. The fraction of sp³-hybridized carbons (Fsp3) is 0.158. The third-order valence-electron chi connectivity index (χ3n) is 4.02. The zero-order chi connectivity index (χ0) is 16.7. The van der Waals surface area contributed by atoms with Crippen LogP contribution in [0.2, 0.25) is 0 Å². The molecule has 0 radical (unpaired) electrons. The molecule has 4 nitrogen and oxygen atoms in total. The van der Waals surface area contributed by atoms with Gasteiger partial charge in [-0.05, 0) is 36.2 Å². The Balaban J connectivity index is 1.74. The van der Waals surface area contributed by atoms with Crippen molar-refractivity contribution in [3.05, 3.63) is 58.5 Å². The number of esters is 1. The molecular weight excluding hydrogens is 322 g/mol. The number of carbonyl (C=O) groups is 2. The van der Waals surface area contributed by atoms with E-state index in [4.69, 9.17) is 4.74 Å². The highest BCUT2D eigenvalue weighted by Crippen LogP contribution is 2.41. The summed E-state index contributed by atoms with van der Waals surface area (Å²) in [5, 5.41) is 1.98. The lowest BCUT2D eigenvalue weighted by atomic mass is 10.1. The van der Waals surface area contributed by atoms with Crippen molar-refractivity contribution < 1.29 is 14.3 Å². The lowest BCUT2D eigenvalue weighted by molar-refractivity contribution is -0.134. The number of ketones is 1. The molecular formula is C19H15NO3S. The largest absolute Gasteiger partial charge is 0.427 e. The van der Waals surface area contributed by atoms with Crippen LogP contribution >= 0.6 is 11.3 Å². The van der Waals surface area contributed by atoms with E-state index in [1.54, 1.807) is 6.07 Å². The van der Waals surface area contributed by atoms with Gasteiger partial charge in [0, 0.05) is 23.6 Å². The minimum atomic E-state index is -0.229. The number of thiophene rings is 1. The number of ether oxygens (including phenoxy) is 1. The molecule has 24 heavy (non-hydrogen) atoms. The van der Waals surface area contributed by atoms with Crippen LogP contribution in [0.4, 0.5) is 0 Å². The first-order valence-electron chi connectivity index (χ1n) is 7.84. The zero-order valence-corrected chi connectivity index (χ0v) is 13.9. The van der Waals surface area contributed by atoms with E-state index in [1.807, 2.05) is 53.4 Å². The Kier molecular flexibility index (Phi) is 3.58. The smallest absolute Gasteiger partial charge is 0.311 e. The summed E-state index contributed by atoms with van der Waals surface area (Å²) in [6.07, 6.45) is 3.06. The average molecular weight is 337 g/mol. The molecule has 5 heteroatoms. The number of hydrogen-bond donors (Lipinski definition) is 0. The Morgan fingerprint density at radius 2 is 2.12 bits per heavy atom. The molecule has 4 rings (SSSR count). The van der Waals surface area contributed by atoms with Crippen LogP contribution < -0.4 is 4.74 Å². The molecule has 0 bridgehead atoms. The summed E-state index contributed by atoms with van der Waals surface area (Å²) in [5.41, 5.74) is 3.53. The van der Waals surface area contributed by atoms with Gasteiger partial charge in [-0.15, -0.1) is 11.3 Å². The second kappa shape index (κ2) is 5.76. The van der Waals surface area contributed by atoms with Crippen LogP contribution in [-0.4, -0.2) is 16.3 Å². The van der Waals surface area contributed by atoms with E-state index in [0.717, 1.165) is 28.1 Å². The van der Waals surface area contributed by atoms with Crippen LogP contribution in [0.1, 0.15) is 35.1 Å². The van der Waals surface area contributed by atoms with E-state index in [-0.39, 0.29) is 11.8 Å². The van der Waals surface area contributed by atoms with Crippen LogP contribution in [0, 0.1) is 0 Å². The lowest BCUT2D eigenvalue weighted by Crippen LogP contribution is -2.06. The minimum absolute atomic E-state index is 0.0665. The fourth-order valence-electron chi connectivity index (χ4n) is 2.95. The Morgan fingerprint density at radius 1 is 1.25 bits per heavy atom. The van der Waals surface area contributed by atoms with Gasteiger partial charge in [0.05, 0.1) is 11.4 Å². The first-order chi connectivity index (χ1) is 11.7. The van der Waals surface area contributed by atoms with Gasteiger partial charge in [0.15, 0.2) is 0 Å². The molecule has 2 aromatic heterocycles. The Bertz CT molecular complexity index is 951. The summed E-state index contributed by atoms with van der Waals surface area (Å²) in [7, 11) is 0. The van der Waals surface area contributed by atoms with Crippen molar-refractivity contribution in [1.29, 1.82) is 0 Å². The number of nitrogens with zero attached hydrogens (tertiary/aromatic N) is 1. The van der Waals surface area contributed by atoms with Crippen LogP contribution in [-0.2, 0) is 4.79 Å². The molecule has 3 heterocycles. The van der Waals surface area contributed by atoms with Gasteiger partial charge in [-0.3, -0.25) is 9.59 Å². The summed E-state index contributed by atoms with van der Waals surface area (Å²) in [5.74, 6) is 0.368. The van der Waals surface area contributed by atoms with Gasteiger partial charge < -0.3 is 9.30 Å². The first-order valence-corrected chi connectivity index (χ1v) is 8.72. The molecule has 0 spiro atoms. The summed E-state index contributed by atoms with van der Waals surface area (Å²) in [4.78, 5) is 24.9. The SMILES string of the molecule is CCCC(=O)Oc1cccc(-c2csc3c2-n2cccc2C3=O)c1. The zero-order valence-electron chi connectivity index (χ0n) is 13.1. The van der Waals surface area contributed by atoms with E-state index in [0.29, 0.717) is 17.9 Å². The van der Waals surface area contributed by atoms with Crippen molar-refractivity contribution in [2.24, 2.45) is 0 Å². The summed E-state index contributed by atoms with van der Waals surface area (Å²) in [6.45, 7) is 1.94. The molecule has 120 valence electrons. The molecule has 0 unspecified atom stereocenters. The van der Waals surface area contributed by atoms with E-state index < -0.39 is 0 Å². The predicted octanol–water partition coefficient (Wildman–Crippen LogP) is 4.46. The van der Waals surface area contributed by atoms with Crippen LogP contribution in [0.25, 0.3) is 16.8 Å². The maximum Gasteiger partial charge on any atom is 0.311 e. The molecule has 3 aromatic rings. The molecule has 1 aromatic carbocycles. The molecule has 1 aliphatic rings. The standard InChI is InChI=1S/C19H15NO3S/c1-2-5-16(21)23-13-7-3-6-12(10-13)14-11-24-19-17(14)20-9-4-8-15(20)18(19)22/h3-4,6-11H,2,5H2,1H3. The number of fused-ring (bicyclic) bond motifs is 3. The fourth-order valence-corrected chi connectivity index (χ4v) is 3.96. The molecule has 1 aliphatic heterocycles. The summed E-state index contributed by atoms with van der Waals surface area (Å²) in [6, 6.07) is 11.2. The number of benzene rings is 1. The summed E-state index contributed by atoms with van der Waals surface area (Å²) >= 11 is 1.45. The highest BCUT2D eigenvalue weighted by Gasteiger charge is 2.30. The van der Waals surface area contributed by atoms with E-state index in [9.17, 15) is 9.59 Å². The predicted molar refractivity (Wildman–Crippen MR) is 93.1 cm³/mol. The highest BCUT2D eigenvalue weighted by molar-refractivity contribution is 7.13. The molecule has 0 saturated heterocycles. The quantitative estimate of drug-likeness (QED) is 0.408. The number of hydrogen-bond acceptors (Lipinski definition) is 4. The third-order valence-corrected chi connectivity index (χ3v) is 4.99. The molecule has 0 amide bonds. The van der Waals surface area contributed by atoms with Gasteiger partial charge in [0.25, 0.3) is 0 Å². The number of carbonyl (C=O) groups excluding carboxylic acids is 2. The molecule has 0 atom stereocenters. The number of rotatable bonds is 4. The Hall–Kier alpha value is -2.66. The maximum absolute atomic E-state index is 12.4. The van der Waals surface area contributed by atoms with Crippen LogP contribution in [0.3, 0.4) is 0 Å².